The first-order valence-electron chi connectivity index (χ1n) is 8.16. The Labute approximate surface area is 155 Å². The number of nitrogens with zero attached hydrogens (tertiary/aromatic N) is 1. The van der Waals surface area contributed by atoms with E-state index in [-0.39, 0.29) is 36.7 Å². The predicted molar refractivity (Wildman–Crippen MR) is 98.2 cm³/mol. The van der Waals surface area contributed by atoms with Gasteiger partial charge in [-0.3, -0.25) is 4.90 Å². The first-order chi connectivity index (χ1) is 10.8. The van der Waals surface area contributed by atoms with Crippen LogP contribution in [0.3, 0.4) is 0 Å². The summed E-state index contributed by atoms with van der Waals surface area (Å²) < 4.78 is 25.6. The second-order valence-electron chi connectivity index (χ2n) is 6.04. The van der Waals surface area contributed by atoms with E-state index in [1.165, 1.54) is 0 Å². The van der Waals surface area contributed by atoms with E-state index in [0.29, 0.717) is 11.7 Å². The highest BCUT2D eigenvalue weighted by atomic mass is 35.5. The molecule has 4 nitrogen and oxygen atoms in total. The van der Waals surface area contributed by atoms with Crippen molar-refractivity contribution in [3.63, 3.8) is 0 Å². The number of methoxy groups -OCH3 is 1. The maximum Gasteiger partial charge on any atom is 0.131 e. The van der Waals surface area contributed by atoms with Crippen molar-refractivity contribution in [2.45, 2.75) is 18.9 Å². The molecule has 138 valence electrons. The van der Waals surface area contributed by atoms with Crippen molar-refractivity contribution >= 4 is 24.8 Å². The summed E-state index contributed by atoms with van der Waals surface area (Å²) in [5.41, 5.74) is 0.721. The van der Waals surface area contributed by atoms with Crippen LogP contribution in [0.15, 0.2) is 18.2 Å². The van der Waals surface area contributed by atoms with Gasteiger partial charge in [0.2, 0.25) is 0 Å². The zero-order chi connectivity index (χ0) is 15.4. The zero-order valence-corrected chi connectivity index (χ0v) is 15.6. The summed E-state index contributed by atoms with van der Waals surface area (Å²) in [6.45, 7) is 5.33. The van der Waals surface area contributed by atoms with Gasteiger partial charge in [0.25, 0.3) is 0 Å². The molecule has 2 heterocycles. The van der Waals surface area contributed by atoms with Crippen LogP contribution in [0, 0.1) is 11.7 Å². The molecule has 1 aromatic rings. The van der Waals surface area contributed by atoms with Crippen LogP contribution in [0.25, 0.3) is 0 Å². The van der Waals surface area contributed by atoms with E-state index in [1.807, 2.05) is 6.07 Å². The normalized spacial score (nSPS) is 20.6. The molecule has 2 aliphatic rings. The van der Waals surface area contributed by atoms with Crippen LogP contribution in [-0.2, 0) is 4.74 Å². The van der Waals surface area contributed by atoms with Crippen molar-refractivity contribution in [1.29, 1.82) is 0 Å². The average Bonchev–Trinajstić information content (AvgIpc) is 2.58. The Hall–Kier alpha value is -0.590. The Morgan fingerprint density at radius 1 is 1.21 bits per heavy atom. The first kappa shape index (κ1) is 21.5. The molecule has 1 atom stereocenters. The molecule has 0 aliphatic carbocycles. The summed E-state index contributed by atoms with van der Waals surface area (Å²) in [5.74, 6) is 0.919. The SMILES string of the molecule is COc1cccc(F)c1[C@H](C1CCOCC1)N1CCNCC1.Cl.Cl. The average molecular weight is 381 g/mol. The van der Waals surface area contributed by atoms with E-state index in [2.05, 4.69) is 10.2 Å². The Bertz CT molecular complexity index is 477. The van der Waals surface area contributed by atoms with E-state index >= 15 is 0 Å². The van der Waals surface area contributed by atoms with Gasteiger partial charge in [-0.25, -0.2) is 4.39 Å². The molecule has 7 heteroatoms. The van der Waals surface area contributed by atoms with Crippen molar-refractivity contribution in [3.8, 4) is 5.75 Å². The van der Waals surface area contributed by atoms with Crippen LogP contribution < -0.4 is 10.1 Å². The highest BCUT2D eigenvalue weighted by Gasteiger charge is 2.34. The summed E-state index contributed by atoms with van der Waals surface area (Å²) in [6, 6.07) is 5.21. The lowest BCUT2D eigenvalue weighted by molar-refractivity contribution is 0.0195. The third-order valence-corrected chi connectivity index (χ3v) is 4.79. The molecule has 0 spiro atoms. The molecular weight excluding hydrogens is 354 g/mol. The van der Waals surface area contributed by atoms with Gasteiger partial charge in [-0.2, -0.15) is 0 Å². The fourth-order valence-electron chi connectivity index (χ4n) is 3.69. The Kier molecular flexibility index (Phi) is 9.31. The van der Waals surface area contributed by atoms with Gasteiger partial charge in [-0.15, -0.1) is 24.8 Å². The second kappa shape index (κ2) is 10.4. The lowest BCUT2D eigenvalue weighted by Gasteiger charge is -2.41. The lowest BCUT2D eigenvalue weighted by Crippen LogP contribution is -2.47. The molecule has 2 aliphatic heterocycles. The molecule has 0 radical (unpaired) electrons. The topological polar surface area (TPSA) is 33.7 Å². The summed E-state index contributed by atoms with van der Waals surface area (Å²) in [7, 11) is 1.62. The summed E-state index contributed by atoms with van der Waals surface area (Å²) in [5, 5.41) is 3.38. The number of halogens is 3. The summed E-state index contributed by atoms with van der Waals surface area (Å²) in [4.78, 5) is 2.41. The number of hydrogen-bond acceptors (Lipinski definition) is 4. The Morgan fingerprint density at radius 3 is 2.50 bits per heavy atom. The summed E-state index contributed by atoms with van der Waals surface area (Å²) >= 11 is 0. The van der Waals surface area contributed by atoms with Gasteiger partial charge in [0.1, 0.15) is 11.6 Å². The number of ether oxygens (including phenoxy) is 2. The fraction of sp³-hybridized carbons (Fsp3) is 0.647. The third kappa shape index (κ3) is 4.73. The molecule has 3 rings (SSSR count). The maximum atomic E-state index is 14.6. The van der Waals surface area contributed by atoms with Gasteiger partial charge in [0, 0.05) is 51.0 Å². The monoisotopic (exact) mass is 380 g/mol. The molecular formula is C17H27Cl2FN2O2. The van der Waals surface area contributed by atoms with Crippen LogP contribution in [-0.4, -0.2) is 51.4 Å². The van der Waals surface area contributed by atoms with E-state index in [1.54, 1.807) is 19.2 Å². The maximum absolute atomic E-state index is 14.6. The molecule has 1 aromatic carbocycles. The van der Waals surface area contributed by atoms with Crippen molar-refractivity contribution in [2.75, 3.05) is 46.5 Å². The number of hydrogen-bond donors (Lipinski definition) is 1. The zero-order valence-electron chi connectivity index (χ0n) is 14.0. The molecule has 0 aromatic heterocycles. The van der Waals surface area contributed by atoms with Crippen LogP contribution in [0.2, 0.25) is 0 Å². The number of piperazine rings is 1. The van der Waals surface area contributed by atoms with Gasteiger partial charge in [-0.1, -0.05) is 6.07 Å². The Balaban J connectivity index is 0.00000144. The minimum atomic E-state index is -0.158. The number of nitrogens with one attached hydrogen (secondary N) is 1. The lowest BCUT2D eigenvalue weighted by atomic mass is 9.85. The highest BCUT2D eigenvalue weighted by molar-refractivity contribution is 5.85. The molecule has 0 unspecified atom stereocenters. The van der Waals surface area contributed by atoms with Gasteiger partial charge in [0.15, 0.2) is 0 Å². The van der Waals surface area contributed by atoms with E-state index in [4.69, 9.17) is 9.47 Å². The molecule has 0 amide bonds. The van der Waals surface area contributed by atoms with E-state index < -0.39 is 0 Å². The minimum Gasteiger partial charge on any atom is -0.496 e. The van der Waals surface area contributed by atoms with Crippen LogP contribution in [0.4, 0.5) is 4.39 Å². The van der Waals surface area contributed by atoms with Gasteiger partial charge in [-0.05, 0) is 30.9 Å². The highest BCUT2D eigenvalue weighted by Crippen LogP contribution is 2.40. The van der Waals surface area contributed by atoms with Gasteiger partial charge in [0.05, 0.1) is 7.11 Å². The largest absolute Gasteiger partial charge is 0.496 e. The predicted octanol–water partition coefficient (Wildman–Crippen LogP) is 3.05. The first-order valence-corrected chi connectivity index (χ1v) is 8.16. The molecule has 1 N–H and O–H groups in total. The quantitative estimate of drug-likeness (QED) is 0.870. The second-order valence-corrected chi connectivity index (χ2v) is 6.04. The van der Waals surface area contributed by atoms with Crippen molar-refractivity contribution in [3.05, 3.63) is 29.6 Å². The van der Waals surface area contributed by atoms with Crippen LogP contribution in [0.1, 0.15) is 24.4 Å². The molecule has 0 bridgehead atoms. The molecule has 2 saturated heterocycles. The van der Waals surface area contributed by atoms with Gasteiger partial charge >= 0.3 is 0 Å². The van der Waals surface area contributed by atoms with Crippen molar-refractivity contribution < 1.29 is 13.9 Å². The van der Waals surface area contributed by atoms with Crippen molar-refractivity contribution in [1.82, 2.24) is 10.2 Å². The minimum absolute atomic E-state index is 0. The van der Waals surface area contributed by atoms with Crippen molar-refractivity contribution in [2.24, 2.45) is 5.92 Å². The van der Waals surface area contributed by atoms with E-state index in [9.17, 15) is 4.39 Å². The number of benzene rings is 1. The fourth-order valence-corrected chi connectivity index (χ4v) is 3.69. The van der Waals surface area contributed by atoms with Crippen LogP contribution >= 0.6 is 24.8 Å². The Morgan fingerprint density at radius 2 is 1.88 bits per heavy atom. The van der Waals surface area contributed by atoms with Gasteiger partial charge < -0.3 is 14.8 Å². The smallest absolute Gasteiger partial charge is 0.131 e. The van der Waals surface area contributed by atoms with Crippen LogP contribution in [0.5, 0.6) is 5.75 Å². The standard InChI is InChI=1S/C17H25FN2O2.2ClH/c1-21-15-4-2-3-14(18)16(15)17(13-5-11-22-12-6-13)20-9-7-19-8-10-20;;/h2-4,13,17,19H,5-12H2,1H3;2*1H/t17-;;/m0../s1. The number of rotatable bonds is 4. The molecule has 2 fully saturated rings. The summed E-state index contributed by atoms with van der Waals surface area (Å²) in [6.07, 6.45) is 1.96. The van der Waals surface area contributed by atoms with E-state index in [0.717, 1.165) is 57.8 Å². The molecule has 24 heavy (non-hydrogen) atoms. The molecule has 0 saturated carbocycles. The third-order valence-electron chi connectivity index (χ3n) is 4.79.